The van der Waals surface area contributed by atoms with E-state index < -0.39 is 10.0 Å². The fourth-order valence-electron chi connectivity index (χ4n) is 2.91. The predicted molar refractivity (Wildman–Crippen MR) is 106 cm³/mol. The number of nitrogens with zero attached hydrogens (tertiary/aromatic N) is 1. The van der Waals surface area contributed by atoms with Crippen LogP contribution in [0.25, 0.3) is 0 Å². The van der Waals surface area contributed by atoms with Crippen LogP contribution >= 0.6 is 11.3 Å². The molecule has 1 amide bonds. The summed E-state index contributed by atoms with van der Waals surface area (Å²) < 4.78 is 27.2. The van der Waals surface area contributed by atoms with Gasteiger partial charge >= 0.3 is 0 Å². The lowest BCUT2D eigenvalue weighted by Crippen LogP contribution is -2.37. The number of anilines is 1. The maximum absolute atomic E-state index is 12.8. The van der Waals surface area contributed by atoms with E-state index in [4.69, 9.17) is 0 Å². The molecule has 1 aromatic carbocycles. The molecule has 1 fully saturated rings. The Morgan fingerprint density at radius 2 is 1.70 bits per heavy atom. The van der Waals surface area contributed by atoms with Crippen molar-refractivity contribution in [3.05, 3.63) is 46.8 Å². The minimum Gasteiger partial charge on any atom is -0.321 e. The molecule has 1 N–H and O–H groups in total. The van der Waals surface area contributed by atoms with Crippen LogP contribution < -0.4 is 5.32 Å². The molecule has 0 aliphatic carbocycles. The van der Waals surface area contributed by atoms with Crippen LogP contribution in [0.5, 0.6) is 0 Å². The van der Waals surface area contributed by atoms with Crippen LogP contribution in [-0.2, 0) is 10.0 Å². The summed E-state index contributed by atoms with van der Waals surface area (Å²) in [6.45, 7) is 4.64. The van der Waals surface area contributed by atoms with Gasteiger partial charge in [-0.05, 0) is 62.1 Å². The minimum atomic E-state index is -3.55. The monoisotopic (exact) mass is 406 g/mol. The highest BCUT2D eigenvalue weighted by Crippen LogP contribution is 2.28. The number of carbonyl (C=O) groups excluding carboxylic acids is 2. The van der Waals surface area contributed by atoms with Crippen LogP contribution in [0.4, 0.5) is 5.69 Å². The van der Waals surface area contributed by atoms with E-state index in [1.165, 1.54) is 23.4 Å². The van der Waals surface area contributed by atoms with Crippen molar-refractivity contribution in [1.29, 1.82) is 0 Å². The van der Waals surface area contributed by atoms with Crippen molar-refractivity contribution >= 4 is 38.7 Å². The second-order valence-corrected chi connectivity index (χ2v) is 10.0. The van der Waals surface area contributed by atoms with Crippen molar-refractivity contribution in [3.8, 4) is 0 Å². The number of Topliss-reactive ketones (excluding diaryl/α,β-unsaturated/α-hetero) is 1. The van der Waals surface area contributed by atoms with E-state index in [0.717, 1.165) is 24.2 Å². The van der Waals surface area contributed by atoms with Gasteiger partial charge in [0, 0.05) is 24.3 Å². The Labute approximate surface area is 163 Å². The Morgan fingerprint density at radius 3 is 2.30 bits per heavy atom. The van der Waals surface area contributed by atoms with Gasteiger partial charge in [0.2, 0.25) is 0 Å². The van der Waals surface area contributed by atoms with Gasteiger partial charge in [-0.2, -0.15) is 4.31 Å². The molecule has 2 heterocycles. The quantitative estimate of drug-likeness (QED) is 0.769. The Balaban J connectivity index is 1.71. The van der Waals surface area contributed by atoms with Gasteiger partial charge in [0.25, 0.3) is 15.9 Å². The van der Waals surface area contributed by atoms with Crippen LogP contribution in [0.1, 0.15) is 46.7 Å². The number of sulfonamides is 1. The van der Waals surface area contributed by atoms with Gasteiger partial charge < -0.3 is 5.32 Å². The van der Waals surface area contributed by atoms with Crippen molar-refractivity contribution in [1.82, 2.24) is 4.31 Å². The number of thiophene rings is 1. The first-order valence-electron chi connectivity index (χ1n) is 8.79. The SMILES string of the molecule is CC(=O)c1ccc(NC(=O)c2ccc(S(=O)(=O)N3CCC(C)CC3)s2)cc1. The number of carbonyl (C=O) groups is 2. The van der Waals surface area contributed by atoms with Gasteiger partial charge in [-0.15, -0.1) is 11.3 Å². The molecule has 1 aliphatic heterocycles. The summed E-state index contributed by atoms with van der Waals surface area (Å²) in [4.78, 5) is 24.0. The highest BCUT2D eigenvalue weighted by atomic mass is 32.2. The zero-order valence-corrected chi connectivity index (χ0v) is 16.9. The molecule has 0 atom stereocenters. The van der Waals surface area contributed by atoms with Gasteiger partial charge in [-0.3, -0.25) is 9.59 Å². The van der Waals surface area contributed by atoms with Crippen LogP contribution in [0.2, 0.25) is 0 Å². The summed E-state index contributed by atoms with van der Waals surface area (Å²) >= 11 is 0.974. The number of benzene rings is 1. The maximum Gasteiger partial charge on any atom is 0.265 e. The van der Waals surface area contributed by atoms with E-state index in [1.54, 1.807) is 24.3 Å². The van der Waals surface area contributed by atoms with Gasteiger partial charge in [0.05, 0.1) is 4.88 Å². The molecule has 6 nitrogen and oxygen atoms in total. The van der Waals surface area contributed by atoms with E-state index in [1.807, 2.05) is 0 Å². The molecule has 8 heteroatoms. The lowest BCUT2D eigenvalue weighted by Gasteiger charge is -2.28. The number of nitrogens with one attached hydrogen (secondary N) is 1. The fraction of sp³-hybridized carbons (Fsp3) is 0.368. The van der Waals surface area contributed by atoms with Crippen LogP contribution in [0.3, 0.4) is 0 Å². The van der Waals surface area contributed by atoms with E-state index in [2.05, 4.69) is 12.2 Å². The normalized spacial score (nSPS) is 16.2. The van der Waals surface area contributed by atoms with Crippen molar-refractivity contribution in [2.75, 3.05) is 18.4 Å². The molecule has 1 aliphatic rings. The molecular formula is C19H22N2O4S2. The summed E-state index contributed by atoms with van der Waals surface area (Å²) in [5.74, 6) is 0.118. The van der Waals surface area contributed by atoms with E-state index in [-0.39, 0.29) is 15.9 Å². The molecule has 144 valence electrons. The molecule has 1 aromatic heterocycles. The lowest BCUT2D eigenvalue weighted by atomic mass is 10.0. The third-order valence-electron chi connectivity index (χ3n) is 4.69. The summed E-state index contributed by atoms with van der Waals surface area (Å²) in [6.07, 6.45) is 1.71. The Hall–Kier alpha value is -2.03. The third kappa shape index (κ3) is 4.45. The minimum absolute atomic E-state index is 0.0481. The third-order valence-corrected chi connectivity index (χ3v) is 8.14. The van der Waals surface area contributed by atoms with Gasteiger partial charge in [0.1, 0.15) is 4.21 Å². The standard InChI is InChI=1S/C19H22N2O4S2/c1-13-9-11-21(12-10-13)27(24,25)18-8-7-17(26-18)19(23)20-16-5-3-15(4-6-16)14(2)22/h3-8,13H,9-12H2,1-2H3,(H,20,23). The van der Waals surface area contributed by atoms with Crippen molar-refractivity contribution in [2.45, 2.75) is 30.9 Å². The number of piperidine rings is 1. The highest BCUT2D eigenvalue weighted by Gasteiger charge is 2.29. The molecular weight excluding hydrogens is 384 g/mol. The largest absolute Gasteiger partial charge is 0.321 e. The molecule has 1 saturated heterocycles. The predicted octanol–water partition coefficient (Wildman–Crippen LogP) is 3.62. The van der Waals surface area contributed by atoms with Crippen LogP contribution in [0, 0.1) is 5.92 Å². The average molecular weight is 407 g/mol. The molecule has 0 unspecified atom stereocenters. The second-order valence-electron chi connectivity index (χ2n) is 6.79. The maximum atomic E-state index is 12.8. The van der Waals surface area contributed by atoms with Crippen molar-refractivity contribution in [3.63, 3.8) is 0 Å². The topological polar surface area (TPSA) is 83.5 Å². The van der Waals surface area contributed by atoms with E-state index >= 15 is 0 Å². The number of ketones is 1. The first-order valence-corrected chi connectivity index (χ1v) is 11.1. The van der Waals surface area contributed by atoms with Crippen molar-refractivity contribution in [2.24, 2.45) is 5.92 Å². The van der Waals surface area contributed by atoms with E-state index in [9.17, 15) is 18.0 Å². The molecule has 0 radical (unpaired) electrons. The zero-order valence-electron chi connectivity index (χ0n) is 15.3. The summed E-state index contributed by atoms with van der Waals surface area (Å²) in [6, 6.07) is 9.60. The summed E-state index contributed by atoms with van der Waals surface area (Å²) in [7, 11) is -3.55. The van der Waals surface area contributed by atoms with Crippen LogP contribution in [-0.4, -0.2) is 37.5 Å². The highest BCUT2D eigenvalue weighted by molar-refractivity contribution is 7.91. The Bertz CT molecular complexity index is 940. The number of hydrogen-bond acceptors (Lipinski definition) is 5. The van der Waals surface area contributed by atoms with Gasteiger partial charge in [-0.1, -0.05) is 6.92 Å². The second kappa shape index (κ2) is 7.92. The number of rotatable bonds is 5. The Kier molecular flexibility index (Phi) is 5.78. The average Bonchev–Trinajstić information content (AvgIpc) is 3.14. The van der Waals surface area contributed by atoms with Gasteiger partial charge in [-0.25, -0.2) is 8.42 Å². The molecule has 0 spiro atoms. The molecule has 27 heavy (non-hydrogen) atoms. The molecule has 0 saturated carbocycles. The van der Waals surface area contributed by atoms with Crippen molar-refractivity contribution < 1.29 is 18.0 Å². The summed E-state index contributed by atoms with van der Waals surface area (Å²) in [5.41, 5.74) is 1.11. The zero-order chi connectivity index (χ0) is 19.6. The molecule has 2 aromatic rings. The summed E-state index contributed by atoms with van der Waals surface area (Å²) in [5, 5.41) is 2.73. The first kappa shape index (κ1) is 19.7. The number of amides is 1. The van der Waals surface area contributed by atoms with Gasteiger partial charge in [0.15, 0.2) is 5.78 Å². The van der Waals surface area contributed by atoms with E-state index in [0.29, 0.717) is 35.1 Å². The smallest absolute Gasteiger partial charge is 0.265 e. The fourth-order valence-corrected chi connectivity index (χ4v) is 5.74. The van der Waals surface area contributed by atoms with Crippen LogP contribution in [0.15, 0.2) is 40.6 Å². The number of hydrogen-bond donors (Lipinski definition) is 1. The lowest BCUT2D eigenvalue weighted by molar-refractivity contribution is 0.101. The Morgan fingerprint density at radius 1 is 1.07 bits per heavy atom. The molecule has 0 bridgehead atoms. The first-order chi connectivity index (χ1) is 12.8. The molecule has 3 rings (SSSR count).